The van der Waals surface area contributed by atoms with Gasteiger partial charge in [0, 0.05) is 58.1 Å². The Balaban J connectivity index is 0.000000172. The van der Waals surface area contributed by atoms with Crippen molar-refractivity contribution in [2.75, 3.05) is 10.6 Å². The molecule has 8 aromatic rings. The molecule has 0 bridgehead atoms. The van der Waals surface area contributed by atoms with Crippen LogP contribution in [0.25, 0.3) is 44.6 Å². The second kappa shape index (κ2) is 15.2. The number of nitrogens with zero attached hydrogens (tertiary/aromatic N) is 4. The molecule has 0 atom stereocenters. The van der Waals surface area contributed by atoms with Gasteiger partial charge in [0.1, 0.15) is 22.9 Å². The van der Waals surface area contributed by atoms with E-state index >= 15 is 0 Å². The molecule has 56 heavy (non-hydrogen) atoms. The molecule has 0 saturated heterocycles. The molecule has 16 heteroatoms. The van der Waals surface area contributed by atoms with Gasteiger partial charge in [0.15, 0.2) is 0 Å². The zero-order chi connectivity index (χ0) is 39.5. The molecule has 10 nitrogen and oxygen atoms in total. The number of halogens is 6. The van der Waals surface area contributed by atoms with E-state index in [4.69, 9.17) is 0 Å². The number of hydrogen-bond acceptors (Lipinski definition) is 6. The highest BCUT2D eigenvalue weighted by atomic mass is 19.4. The number of alkyl halides is 6. The zero-order valence-electron chi connectivity index (χ0n) is 28.6. The van der Waals surface area contributed by atoms with E-state index in [2.05, 4.69) is 40.5 Å². The number of rotatable bonds is 6. The lowest BCUT2D eigenvalue weighted by atomic mass is 10.0. The summed E-state index contributed by atoms with van der Waals surface area (Å²) in [5.41, 5.74) is 0.691. The van der Waals surface area contributed by atoms with Gasteiger partial charge in [-0.15, -0.1) is 0 Å². The topological polar surface area (TPSA) is 141 Å². The molecule has 2 aromatic carbocycles. The van der Waals surface area contributed by atoms with Crippen molar-refractivity contribution in [3.05, 3.63) is 156 Å². The van der Waals surface area contributed by atoms with E-state index in [0.717, 1.165) is 12.1 Å². The largest absolute Gasteiger partial charge is 0.417 e. The van der Waals surface area contributed by atoms with Gasteiger partial charge < -0.3 is 20.6 Å². The van der Waals surface area contributed by atoms with Crippen molar-refractivity contribution >= 4 is 45.5 Å². The monoisotopic (exact) mass is 764 g/mol. The van der Waals surface area contributed by atoms with Crippen LogP contribution in [-0.2, 0) is 12.4 Å². The molecule has 6 heterocycles. The predicted molar refractivity (Wildman–Crippen MR) is 197 cm³/mol. The predicted octanol–water partition coefficient (Wildman–Crippen LogP) is 9.79. The average molecular weight is 765 g/mol. The van der Waals surface area contributed by atoms with Crippen LogP contribution in [0.2, 0.25) is 0 Å². The van der Waals surface area contributed by atoms with Crippen LogP contribution in [0, 0.1) is 0 Å². The molecule has 0 unspecified atom stereocenters. The van der Waals surface area contributed by atoms with Crippen molar-refractivity contribution in [1.82, 2.24) is 29.9 Å². The number of amides is 2. The number of carbonyl (C=O) groups is 2. The normalized spacial score (nSPS) is 11.5. The van der Waals surface area contributed by atoms with Gasteiger partial charge in [0.2, 0.25) is 0 Å². The fourth-order valence-corrected chi connectivity index (χ4v) is 5.74. The van der Waals surface area contributed by atoms with Gasteiger partial charge in [-0.1, -0.05) is 36.4 Å². The van der Waals surface area contributed by atoms with Crippen molar-refractivity contribution < 1.29 is 35.9 Å². The van der Waals surface area contributed by atoms with Crippen molar-refractivity contribution in [2.45, 2.75) is 12.4 Å². The molecule has 6 aromatic heterocycles. The van der Waals surface area contributed by atoms with Crippen LogP contribution in [0.1, 0.15) is 31.8 Å². The third-order valence-electron chi connectivity index (χ3n) is 8.33. The Morgan fingerprint density at radius 3 is 1.30 bits per heavy atom. The Hall–Kier alpha value is -7.36. The highest BCUT2D eigenvalue weighted by molar-refractivity contribution is 6.04. The minimum atomic E-state index is -4.47. The molecular weight excluding hydrogens is 738 g/mol. The Morgan fingerprint density at radius 2 is 0.929 bits per heavy atom. The van der Waals surface area contributed by atoms with E-state index in [1.165, 1.54) is 36.7 Å². The van der Waals surface area contributed by atoms with Gasteiger partial charge in [-0.25, -0.2) is 9.97 Å². The standard InChI is InChI=1S/2C20H13F3N4O/c2*21-20(22,23)15-6-2-1-5-14(15)16-10-12-7-8-17(26-18(12)25-16)27-19(28)13-4-3-9-24-11-13/h2*1-11H,(H2,25,26,27,28). The molecule has 0 radical (unpaired) electrons. The summed E-state index contributed by atoms with van der Waals surface area (Å²) in [7, 11) is 0. The fraction of sp³-hybridized carbons (Fsp3) is 0.0500. The molecular formula is C40H26F6N8O2. The third kappa shape index (κ3) is 8.23. The maximum Gasteiger partial charge on any atom is 0.417 e. The highest BCUT2D eigenvalue weighted by Crippen LogP contribution is 2.39. The number of aromatic nitrogens is 6. The summed E-state index contributed by atoms with van der Waals surface area (Å²) in [5, 5.41) is 6.55. The molecule has 0 aliphatic carbocycles. The van der Waals surface area contributed by atoms with Crippen LogP contribution >= 0.6 is 0 Å². The first-order chi connectivity index (χ1) is 26.8. The number of fused-ring (bicyclic) bond motifs is 2. The quantitative estimate of drug-likeness (QED) is 0.124. The summed E-state index contributed by atoms with van der Waals surface area (Å²) >= 11 is 0. The number of aromatic amines is 2. The minimum Gasteiger partial charge on any atom is -0.339 e. The van der Waals surface area contributed by atoms with Crippen LogP contribution < -0.4 is 10.6 Å². The van der Waals surface area contributed by atoms with Crippen molar-refractivity contribution in [3.63, 3.8) is 0 Å². The molecule has 0 saturated carbocycles. The molecule has 280 valence electrons. The molecule has 0 fully saturated rings. The van der Waals surface area contributed by atoms with E-state index < -0.39 is 23.5 Å². The zero-order valence-corrected chi connectivity index (χ0v) is 28.6. The number of H-pyrrole nitrogens is 2. The summed E-state index contributed by atoms with van der Waals surface area (Å²) in [6, 6.07) is 26.9. The van der Waals surface area contributed by atoms with Crippen LogP contribution in [-0.4, -0.2) is 41.7 Å². The molecule has 2 amide bonds. The SMILES string of the molecule is O=C(Nc1ccc2cc(-c3ccccc3C(F)(F)F)[nH]c2n1)c1cccnc1.O=C(Nc1ccc2cc(-c3ccccc3C(F)(F)F)[nH]c2n1)c1cccnc1. The first kappa shape index (κ1) is 37.0. The first-order valence-electron chi connectivity index (χ1n) is 16.6. The number of benzene rings is 2. The molecule has 0 aliphatic rings. The number of nitrogens with one attached hydrogen (secondary N) is 4. The Labute approximate surface area is 312 Å². The summed E-state index contributed by atoms with van der Waals surface area (Å²) in [6.45, 7) is 0. The molecule has 0 spiro atoms. The summed E-state index contributed by atoms with van der Waals surface area (Å²) in [5.74, 6) is -0.207. The van der Waals surface area contributed by atoms with Crippen LogP contribution in [0.4, 0.5) is 38.0 Å². The Kier molecular flexibility index (Phi) is 10.0. The van der Waals surface area contributed by atoms with Crippen LogP contribution in [0.15, 0.2) is 134 Å². The number of hydrogen-bond donors (Lipinski definition) is 4. The summed E-state index contributed by atoms with van der Waals surface area (Å²) < 4.78 is 79.7. The lowest BCUT2D eigenvalue weighted by Crippen LogP contribution is -2.13. The smallest absolute Gasteiger partial charge is 0.339 e. The van der Waals surface area contributed by atoms with Crippen LogP contribution in [0.3, 0.4) is 0 Å². The third-order valence-corrected chi connectivity index (χ3v) is 8.33. The number of carbonyl (C=O) groups excluding carboxylic acids is 2. The van der Waals surface area contributed by atoms with Crippen molar-refractivity contribution in [3.8, 4) is 22.5 Å². The fourth-order valence-electron chi connectivity index (χ4n) is 5.74. The van der Waals surface area contributed by atoms with E-state index in [1.54, 1.807) is 85.2 Å². The molecule has 4 N–H and O–H groups in total. The van der Waals surface area contributed by atoms with Crippen LogP contribution in [0.5, 0.6) is 0 Å². The minimum absolute atomic E-state index is 0.0361. The highest BCUT2D eigenvalue weighted by Gasteiger charge is 2.34. The number of anilines is 2. The second-order valence-electron chi connectivity index (χ2n) is 12.1. The maximum absolute atomic E-state index is 13.3. The van der Waals surface area contributed by atoms with Gasteiger partial charge in [0.25, 0.3) is 11.8 Å². The van der Waals surface area contributed by atoms with E-state index in [9.17, 15) is 35.9 Å². The van der Waals surface area contributed by atoms with Gasteiger partial charge in [-0.2, -0.15) is 26.3 Å². The van der Waals surface area contributed by atoms with E-state index in [0.29, 0.717) is 44.6 Å². The first-order valence-corrected chi connectivity index (χ1v) is 16.6. The second-order valence-corrected chi connectivity index (χ2v) is 12.1. The van der Waals surface area contributed by atoms with Crippen molar-refractivity contribution in [1.29, 1.82) is 0 Å². The van der Waals surface area contributed by atoms with Gasteiger partial charge in [-0.05, 0) is 72.8 Å². The maximum atomic E-state index is 13.3. The van der Waals surface area contributed by atoms with E-state index in [-0.39, 0.29) is 34.6 Å². The Morgan fingerprint density at radius 1 is 0.518 bits per heavy atom. The summed E-state index contributed by atoms with van der Waals surface area (Å²) in [6.07, 6.45) is -2.97. The van der Waals surface area contributed by atoms with Gasteiger partial charge >= 0.3 is 12.4 Å². The molecule has 8 rings (SSSR count). The van der Waals surface area contributed by atoms with Gasteiger partial charge in [-0.3, -0.25) is 19.6 Å². The Bertz CT molecular complexity index is 2490. The number of pyridine rings is 4. The van der Waals surface area contributed by atoms with E-state index in [1.807, 2.05) is 0 Å². The average Bonchev–Trinajstić information content (AvgIpc) is 3.82. The molecule has 0 aliphatic heterocycles. The van der Waals surface area contributed by atoms with Gasteiger partial charge in [0.05, 0.1) is 22.3 Å². The van der Waals surface area contributed by atoms with Crippen molar-refractivity contribution in [2.24, 2.45) is 0 Å². The lowest BCUT2D eigenvalue weighted by molar-refractivity contribution is -0.137. The lowest BCUT2D eigenvalue weighted by Gasteiger charge is -2.11. The summed E-state index contributed by atoms with van der Waals surface area (Å²) in [4.78, 5) is 46.6.